The SMILES string of the molecule is CC[C@H](C)[C@H](NC(=O)[C@H](CC(N)=O)NC(=O)[C@H](Cc1c[nH]cn1)NC(=O)[C@H](CCCCN)NC(=O)[C@H](Cc1c[nH]c2ccccc12)NC(=O)[C@@H](N)CC(=O)O)C(=O)N[C@H](C(=O)N[C@@H](CCC(N)=O)C(=O)O)[C@@H](C)O. The maximum absolute atomic E-state index is 14.3. The van der Waals surface area contributed by atoms with Crippen LogP contribution in [0.5, 0.6) is 0 Å². The van der Waals surface area contributed by atoms with Crippen molar-refractivity contribution in [3.63, 3.8) is 0 Å². The summed E-state index contributed by atoms with van der Waals surface area (Å²) in [5.74, 6) is -12.7. The Balaban J connectivity index is 1.92. The Morgan fingerprint density at radius 2 is 1.22 bits per heavy atom. The van der Waals surface area contributed by atoms with Gasteiger partial charge in [0.2, 0.25) is 53.2 Å². The number of nitrogens with zero attached hydrogens (tertiary/aromatic N) is 1. The minimum Gasteiger partial charge on any atom is -0.481 e. The number of aromatic nitrogens is 3. The number of unbranched alkanes of at least 4 members (excludes halogenated alkanes) is 1. The summed E-state index contributed by atoms with van der Waals surface area (Å²) in [5.41, 5.74) is 23.7. The summed E-state index contributed by atoms with van der Waals surface area (Å²) in [6.45, 7) is 4.53. The van der Waals surface area contributed by atoms with Crippen LogP contribution in [-0.2, 0) is 65.6 Å². The third-order valence-corrected chi connectivity index (χ3v) is 11.8. The number of hydrogen-bond donors (Lipinski definition) is 16. The zero-order valence-electron chi connectivity index (χ0n) is 41.2. The third kappa shape index (κ3) is 19.2. The minimum atomic E-state index is -1.81. The molecule has 0 aliphatic heterocycles. The number of aliphatic hydroxyl groups is 1. The lowest BCUT2D eigenvalue weighted by Gasteiger charge is -2.30. The first kappa shape index (κ1) is 60.3. The molecule has 0 unspecified atom stereocenters. The van der Waals surface area contributed by atoms with Gasteiger partial charge in [-0.2, -0.15) is 0 Å². The van der Waals surface area contributed by atoms with Crippen LogP contribution in [0.1, 0.15) is 83.4 Å². The molecule has 2 aromatic heterocycles. The van der Waals surface area contributed by atoms with Crippen LogP contribution in [0.4, 0.5) is 0 Å². The lowest BCUT2D eigenvalue weighted by atomic mass is 9.96. The smallest absolute Gasteiger partial charge is 0.326 e. The summed E-state index contributed by atoms with van der Waals surface area (Å²) in [4.78, 5) is 154. The van der Waals surface area contributed by atoms with E-state index in [-0.39, 0.29) is 44.3 Å². The molecule has 0 saturated carbocycles. The van der Waals surface area contributed by atoms with Crippen molar-refractivity contribution < 1.29 is 68.1 Å². The van der Waals surface area contributed by atoms with Crippen LogP contribution in [0, 0.1) is 5.92 Å². The van der Waals surface area contributed by atoms with Gasteiger partial charge < -0.3 is 85.4 Å². The lowest BCUT2D eigenvalue weighted by molar-refractivity contribution is -0.143. The van der Waals surface area contributed by atoms with Crippen molar-refractivity contribution in [2.45, 2.75) is 139 Å². The highest BCUT2D eigenvalue weighted by Gasteiger charge is 2.37. The van der Waals surface area contributed by atoms with E-state index in [9.17, 15) is 68.1 Å². The number of carboxylic acids is 2. The maximum Gasteiger partial charge on any atom is 0.326 e. The van der Waals surface area contributed by atoms with E-state index >= 15 is 0 Å². The molecular formula is C46H68N14O14. The molecule has 3 aromatic rings. The number of primary amides is 2. The van der Waals surface area contributed by atoms with Gasteiger partial charge in [0.05, 0.1) is 37.0 Å². The number of aliphatic hydroxyl groups excluding tert-OH is 1. The number of hydrogen-bond acceptors (Lipinski definition) is 15. The predicted molar refractivity (Wildman–Crippen MR) is 262 cm³/mol. The van der Waals surface area contributed by atoms with E-state index in [2.05, 4.69) is 52.2 Å². The van der Waals surface area contributed by atoms with Gasteiger partial charge in [0, 0.05) is 42.6 Å². The van der Waals surface area contributed by atoms with Crippen molar-refractivity contribution in [2.24, 2.45) is 28.9 Å². The number of imidazole rings is 1. The van der Waals surface area contributed by atoms with Crippen LogP contribution in [0.25, 0.3) is 10.9 Å². The average molecular weight is 1040 g/mol. The highest BCUT2D eigenvalue weighted by Crippen LogP contribution is 2.20. The Labute approximate surface area is 424 Å². The molecule has 74 heavy (non-hydrogen) atoms. The number of carbonyl (C=O) groups is 11. The number of rotatable bonds is 33. The summed E-state index contributed by atoms with van der Waals surface area (Å²) in [7, 11) is 0. The molecule has 20 N–H and O–H groups in total. The third-order valence-electron chi connectivity index (χ3n) is 11.8. The van der Waals surface area contributed by atoms with Crippen LogP contribution in [0.2, 0.25) is 0 Å². The molecule has 0 aliphatic rings. The minimum absolute atomic E-state index is 0.0451. The van der Waals surface area contributed by atoms with Gasteiger partial charge in [0.15, 0.2) is 0 Å². The summed E-state index contributed by atoms with van der Waals surface area (Å²) >= 11 is 0. The molecule has 28 heteroatoms. The fourth-order valence-corrected chi connectivity index (χ4v) is 7.51. The number of amides is 9. The second kappa shape index (κ2) is 29.5. The molecule has 0 bridgehead atoms. The van der Waals surface area contributed by atoms with Crippen molar-refractivity contribution >= 4 is 76.0 Å². The van der Waals surface area contributed by atoms with Crippen LogP contribution in [-0.4, -0.2) is 156 Å². The van der Waals surface area contributed by atoms with Crippen molar-refractivity contribution in [1.29, 1.82) is 0 Å². The fourth-order valence-electron chi connectivity index (χ4n) is 7.51. The van der Waals surface area contributed by atoms with Crippen molar-refractivity contribution in [3.05, 3.63) is 54.2 Å². The number of nitrogens with one attached hydrogen (secondary N) is 9. The molecule has 28 nitrogen and oxygen atoms in total. The van der Waals surface area contributed by atoms with E-state index in [1.807, 2.05) is 0 Å². The quantitative estimate of drug-likeness (QED) is 0.0256. The second-order valence-electron chi connectivity index (χ2n) is 17.7. The Morgan fingerprint density at radius 3 is 1.80 bits per heavy atom. The number of benzene rings is 1. The molecular weight excluding hydrogens is 973 g/mol. The standard InChI is InChI=1S/C46H68N14O14/c1-4-22(2)37(44(71)60-38(23(3)61)45(72)55-30(46(73)74)12-13-34(49)62)59-43(70)33(18-35(50)63)58-42(69)32(16-25-20-51-21-53-25)57-40(67)29(11-7-8-14-47)54-41(68)31(56-39(66)27(48)17-36(64)65)15-24-19-52-28-10-6-5-9-26(24)28/h5-6,9-10,19-23,27,29-33,37-38,52,61H,4,7-8,11-18,47-48H2,1-3H3,(H2,49,62)(H2,50,63)(H,51,53)(H,54,68)(H,55,72)(H,56,66)(H,57,67)(H,58,69)(H,59,70)(H,60,71)(H,64,65)(H,73,74)/t22-,23+,27-,29-,30-,31-,32-,33-,37-,38-/m0/s1. The van der Waals surface area contributed by atoms with E-state index in [0.717, 1.165) is 6.92 Å². The van der Waals surface area contributed by atoms with Crippen LogP contribution in [0.15, 0.2) is 43.0 Å². The monoisotopic (exact) mass is 1040 g/mol. The molecule has 1 aromatic carbocycles. The first-order valence-corrected chi connectivity index (χ1v) is 23.8. The highest BCUT2D eigenvalue weighted by atomic mass is 16.4. The second-order valence-corrected chi connectivity index (χ2v) is 17.7. The van der Waals surface area contributed by atoms with Gasteiger partial charge in [-0.3, -0.25) is 47.9 Å². The van der Waals surface area contributed by atoms with Crippen LogP contribution in [0.3, 0.4) is 0 Å². The molecule has 0 spiro atoms. The Kier molecular flexibility index (Phi) is 24.1. The van der Waals surface area contributed by atoms with Crippen LogP contribution < -0.4 is 60.2 Å². The molecule has 9 amide bonds. The van der Waals surface area contributed by atoms with Gasteiger partial charge in [-0.05, 0) is 56.7 Å². The summed E-state index contributed by atoms with van der Waals surface area (Å²) in [5, 5.41) is 47.0. The van der Waals surface area contributed by atoms with E-state index < -0.39 is 151 Å². The zero-order valence-corrected chi connectivity index (χ0v) is 41.2. The predicted octanol–water partition coefficient (Wildman–Crippen LogP) is -4.35. The summed E-state index contributed by atoms with van der Waals surface area (Å²) in [6.07, 6.45) is 0.657. The van der Waals surface area contributed by atoms with Gasteiger partial charge in [-0.25, -0.2) is 9.78 Å². The maximum atomic E-state index is 14.3. The van der Waals surface area contributed by atoms with E-state index in [0.29, 0.717) is 22.9 Å². The first-order chi connectivity index (χ1) is 34.9. The number of para-hydroxylation sites is 1. The van der Waals surface area contributed by atoms with Crippen molar-refractivity contribution in [1.82, 2.24) is 52.2 Å². The number of nitrogens with two attached hydrogens (primary N) is 4. The molecule has 0 radical (unpaired) electrons. The van der Waals surface area contributed by atoms with E-state index in [4.69, 9.17) is 22.9 Å². The van der Waals surface area contributed by atoms with Crippen molar-refractivity contribution in [2.75, 3.05) is 6.54 Å². The van der Waals surface area contributed by atoms with E-state index in [1.54, 1.807) is 44.3 Å². The van der Waals surface area contributed by atoms with Crippen molar-refractivity contribution in [3.8, 4) is 0 Å². The van der Waals surface area contributed by atoms with Gasteiger partial charge in [0.1, 0.15) is 42.3 Å². The molecule has 2 heterocycles. The Hall–Kier alpha value is -7.98. The number of carbonyl (C=O) groups excluding carboxylic acids is 9. The summed E-state index contributed by atoms with van der Waals surface area (Å²) in [6, 6.07) is -5.60. The lowest BCUT2D eigenvalue weighted by Crippen LogP contribution is -2.62. The highest BCUT2D eigenvalue weighted by molar-refractivity contribution is 5.99. The molecule has 0 aliphatic carbocycles. The molecule has 0 saturated heterocycles. The normalized spacial score (nSPS) is 15.2. The van der Waals surface area contributed by atoms with Gasteiger partial charge in [0.25, 0.3) is 0 Å². The Morgan fingerprint density at radius 1 is 0.649 bits per heavy atom. The largest absolute Gasteiger partial charge is 0.481 e. The molecule has 0 fully saturated rings. The van der Waals surface area contributed by atoms with Gasteiger partial charge >= 0.3 is 11.9 Å². The van der Waals surface area contributed by atoms with E-state index in [1.165, 1.54) is 12.5 Å². The van der Waals surface area contributed by atoms with Gasteiger partial charge in [-0.1, -0.05) is 38.5 Å². The molecule has 3 rings (SSSR count). The molecule has 10 atom stereocenters. The topological polar surface area (TPSA) is 481 Å². The number of aromatic amines is 2. The zero-order chi connectivity index (χ0) is 55.2. The molecule has 406 valence electrons. The number of aliphatic carboxylic acids is 2. The fraction of sp³-hybridized carbons (Fsp3) is 0.522. The van der Waals surface area contributed by atoms with Crippen LogP contribution >= 0.6 is 0 Å². The number of carboxylic acid groups (broad SMARTS) is 2. The number of H-pyrrole nitrogens is 2. The first-order valence-electron chi connectivity index (χ1n) is 23.8. The Bertz CT molecular complexity index is 2450. The summed E-state index contributed by atoms with van der Waals surface area (Å²) < 4.78 is 0. The van der Waals surface area contributed by atoms with Gasteiger partial charge in [-0.15, -0.1) is 0 Å². The number of fused-ring (bicyclic) bond motifs is 1. The average Bonchev–Trinajstić information content (AvgIpc) is 4.01.